The van der Waals surface area contributed by atoms with Crippen molar-refractivity contribution in [1.29, 1.82) is 0 Å². The van der Waals surface area contributed by atoms with Crippen LogP contribution in [0.2, 0.25) is 0 Å². The largest absolute Gasteiger partial charge is 0.385 e. The van der Waals surface area contributed by atoms with Gasteiger partial charge in [0.15, 0.2) is 0 Å². The molecule has 0 rings (SSSR count). The van der Waals surface area contributed by atoms with Gasteiger partial charge in [-0.1, -0.05) is 63.3 Å². The molecule has 0 aromatic heterocycles. The highest BCUT2D eigenvalue weighted by Crippen LogP contribution is 2.06. The zero-order chi connectivity index (χ0) is 14.0. The van der Waals surface area contributed by atoms with E-state index in [1.165, 1.54) is 64.2 Å². The molecule has 0 bridgehead atoms. The Morgan fingerprint density at radius 1 is 0.684 bits per heavy atom. The second-order valence-corrected chi connectivity index (χ2v) is 5.22. The number of ether oxygens (including phenoxy) is 1. The fourth-order valence-corrected chi connectivity index (χ4v) is 2.06. The van der Waals surface area contributed by atoms with Gasteiger partial charge in [-0.25, -0.2) is 0 Å². The third-order valence-corrected chi connectivity index (χ3v) is 3.30. The highest BCUT2D eigenvalue weighted by atomic mass is 16.5. The first-order chi connectivity index (χ1) is 9.41. The monoisotopic (exact) mass is 266 g/mol. The second-order valence-electron chi connectivity index (χ2n) is 5.22. The summed E-state index contributed by atoms with van der Waals surface area (Å²) in [5.74, 6) is 0. The molecule has 0 aliphatic heterocycles. The number of hydrogen-bond acceptors (Lipinski definition) is 1. The molecule has 0 atom stereocenters. The van der Waals surface area contributed by atoms with Crippen molar-refractivity contribution in [3.8, 4) is 0 Å². The molecule has 0 aromatic rings. The fraction of sp³-hybridized carbons (Fsp3) is 0.778. The van der Waals surface area contributed by atoms with E-state index in [0.717, 1.165) is 13.0 Å². The van der Waals surface area contributed by atoms with Crippen molar-refractivity contribution in [1.82, 2.24) is 0 Å². The molecule has 0 saturated heterocycles. The molecule has 0 radical (unpaired) electrons. The van der Waals surface area contributed by atoms with Crippen LogP contribution in [0, 0.1) is 0 Å². The molecular weight excluding hydrogens is 232 g/mol. The van der Waals surface area contributed by atoms with Crippen LogP contribution in [0.25, 0.3) is 0 Å². The first-order valence-electron chi connectivity index (χ1n) is 8.20. The molecule has 0 unspecified atom stereocenters. The maximum Gasteiger partial charge on any atom is 0.0462 e. The van der Waals surface area contributed by atoms with Crippen LogP contribution in [0.5, 0.6) is 0 Å². The Kier molecular flexibility index (Phi) is 16.9. The molecule has 0 aromatic carbocycles. The summed E-state index contributed by atoms with van der Waals surface area (Å²) in [4.78, 5) is 0. The van der Waals surface area contributed by atoms with Gasteiger partial charge < -0.3 is 4.74 Å². The summed E-state index contributed by atoms with van der Waals surface area (Å²) >= 11 is 0. The van der Waals surface area contributed by atoms with Crippen LogP contribution in [0.3, 0.4) is 0 Å². The Labute approximate surface area is 121 Å². The van der Waals surface area contributed by atoms with Crippen molar-refractivity contribution >= 4 is 0 Å². The summed E-state index contributed by atoms with van der Waals surface area (Å²) < 4.78 is 5.04. The molecule has 0 N–H and O–H groups in total. The number of allylic oxidation sites excluding steroid dienone is 4. The van der Waals surface area contributed by atoms with Crippen molar-refractivity contribution in [2.75, 3.05) is 13.7 Å². The molecule has 0 aliphatic carbocycles. The first-order valence-corrected chi connectivity index (χ1v) is 8.20. The van der Waals surface area contributed by atoms with E-state index in [2.05, 4.69) is 31.2 Å². The van der Waals surface area contributed by atoms with E-state index in [9.17, 15) is 0 Å². The van der Waals surface area contributed by atoms with E-state index >= 15 is 0 Å². The van der Waals surface area contributed by atoms with E-state index in [0.29, 0.717) is 0 Å². The van der Waals surface area contributed by atoms with Crippen LogP contribution in [0.4, 0.5) is 0 Å². The Balaban J connectivity index is 3.12. The van der Waals surface area contributed by atoms with E-state index in [-0.39, 0.29) is 0 Å². The molecule has 0 heterocycles. The van der Waals surface area contributed by atoms with Crippen LogP contribution < -0.4 is 0 Å². The summed E-state index contributed by atoms with van der Waals surface area (Å²) in [5, 5.41) is 0. The minimum absolute atomic E-state index is 0.921. The smallest absolute Gasteiger partial charge is 0.0462 e. The summed E-state index contributed by atoms with van der Waals surface area (Å²) in [6.07, 6.45) is 23.5. The topological polar surface area (TPSA) is 9.23 Å². The summed E-state index contributed by atoms with van der Waals surface area (Å²) in [6.45, 7) is 3.18. The number of unbranched alkanes of at least 4 members (excludes halogenated alkanes) is 8. The van der Waals surface area contributed by atoms with Crippen molar-refractivity contribution in [2.24, 2.45) is 0 Å². The van der Waals surface area contributed by atoms with Gasteiger partial charge in [-0.05, 0) is 38.5 Å². The maximum atomic E-state index is 5.04. The van der Waals surface area contributed by atoms with Gasteiger partial charge in [0.2, 0.25) is 0 Å². The van der Waals surface area contributed by atoms with E-state index in [1.807, 2.05) is 0 Å². The van der Waals surface area contributed by atoms with Gasteiger partial charge in [-0.15, -0.1) is 0 Å². The van der Waals surface area contributed by atoms with E-state index in [4.69, 9.17) is 4.74 Å². The number of rotatable bonds is 14. The molecular formula is C18H34O. The quantitative estimate of drug-likeness (QED) is 0.274. The number of hydrogen-bond donors (Lipinski definition) is 0. The van der Waals surface area contributed by atoms with Gasteiger partial charge in [-0.3, -0.25) is 0 Å². The second kappa shape index (κ2) is 17.4. The van der Waals surface area contributed by atoms with Gasteiger partial charge in [0.25, 0.3) is 0 Å². The summed E-state index contributed by atoms with van der Waals surface area (Å²) in [5.41, 5.74) is 0. The van der Waals surface area contributed by atoms with Crippen LogP contribution in [-0.2, 0) is 4.74 Å². The van der Waals surface area contributed by atoms with Crippen LogP contribution >= 0.6 is 0 Å². The lowest BCUT2D eigenvalue weighted by Gasteiger charge is -1.99. The fourth-order valence-electron chi connectivity index (χ4n) is 2.06. The van der Waals surface area contributed by atoms with Crippen molar-refractivity contribution < 1.29 is 4.74 Å². The zero-order valence-electron chi connectivity index (χ0n) is 13.2. The van der Waals surface area contributed by atoms with Gasteiger partial charge >= 0.3 is 0 Å². The lowest BCUT2D eigenvalue weighted by molar-refractivity contribution is 0.192. The third kappa shape index (κ3) is 17.4. The zero-order valence-corrected chi connectivity index (χ0v) is 13.2. The summed E-state index contributed by atoms with van der Waals surface area (Å²) in [6, 6.07) is 0. The van der Waals surface area contributed by atoms with E-state index in [1.54, 1.807) is 7.11 Å². The maximum absolute atomic E-state index is 5.04. The Morgan fingerprint density at radius 2 is 1.26 bits per heavy atom. The van der Waals surface area contributed by atoms with Crippen LogP contribution in [0.1, 0.15) is 77.6 Å². The normalized spacial score (nSPS) is 11.9. The minimum Gasteiger partial charge on any atom is -0.385 e. The lowest BCUT2D eigenvalue weighted by Crippen LogP contribution is -1.87. The third-order valence-electron chi connectivity index (χ3n) is 3.30. The average molecular weight is 266 g/mol. The SMILES string of the molecule is CCCCC/C=C/C/C=C/CCCCCCCOC. The molecule has 112 valence electrons. The minimum atomic E-state index is 0.921. The highest BCUT2D eigenvalue weighted by Gasteiger charge is 1.89. The Bertz CT molecular complexity index is 206. The molecule has 19 heavy (non-hydrogen) atoms. The Hall–Kier alpha value is -0.560. The van der Waals surface area contributed by atoms with Crippen molar-refractivity contribution in [2.45, 2.75) is 77.6 Å². The molecule has 0 aliphatic rings. The first kappa shape index (κ1) is 18.4. The van der Waals surface area contributed by atoms with Crippen molar-refractivity contribution in [3.05, 3.63) is 24.3 Å². The van der Waals surface area contributed by atoms with Gasteiger partial charge in [-0.2, -0.15) is 0 Å². The van der Waals surface area contributed by atoms with Gasteiger partial charge in [0, 0.05) is 13.7 Å². The van der Waals surface area contributed by atoms with Crippen LogP contribution in [0.15, 0.2) is 24.3 Å². The van der Waals surface area contributed by atoms with Gasteiger partial charge in [0.1, 0.15) is 0 Å². The Morgan fingerprint density at radius 3 is 1.89 bits per heavy atom. The predicted octanol–water partition coefficient (Wildman–Crippen LogP) is 6.06. The molecule has 0 spiro atoms. The predicted molar refractivity (Wildman–Crippen MR) is 86.6 cm³/mol. The van der Waals surface area contributed by atoms with Crippen LogP contribution in [-0.4, -0.2) is 13.7 Å². The lowest BCUT2D eigenvalue weighted by atomic mass is 10.1. The molecule has 1 nitrogen and oxygen atoms in total. The molecule has 0 fully saturated rings. The molecule has 1 heteroatoms. The highest BCUT2D eigenvalue weighted by molar-refractivity contribution is 4.92. The number of methoxy groups -OCH3 is 1. The van der Waals surface area contributed by atoms with E-state index < -0.39 is 0 Å². The standard InChI is InChI=1S/C18H34O/c1-3-4-5-6-7-8-9-10-11-12-13-14-15-16-17-18-19-2/h7-8,10-11H,3-6,9,12-18H2,1-2H3/b8-7+,11-10+. The van der Waals surface area contributed by atoms with Gasteiger partial charge in [0.05, 0.1) is 0 Å². The summed E-state index contributed by atoms with van der Waals surface area (Å²) in [7, 11) is 1.78. The van der Waals surface area contributed by atoms with Crippen molar-refractivity contribution in [3.63, 3.8) is 0 Å². The average Bonchev–Trinajstić information content (AvgIpc) is 2.43. The molecule has 0 saturated carbocycles. The molecule has 0 amide bonds.